The highest BCUT2D eigenvalue weighted by Crippen LogP contribution is 2.33. The second kappa shape index (κ2) is 8.35. The van der Waals surface area contributed by atoms with Crippen LogP contribution in [-0.4, -0.2) is 41.5 Å². The molecule has 25 heavy (non-hydrogen) atoms. The van der Waals surface area contributed by atoms with Crippen molar-refractivity contribution in [3.05, 3.63) is 47.5 Å². The third-order valence-electron chi connectivity index (χ3n) is 3.54. The molecule has 0 unspecified atom stereocenters. The summed E-state index contributed by atoms with van der Waals surface area (Å²) in [5.74, 6) is 0. The number of fused-ring (bicyclic) bond motifs is 1. The Morgan fingerprint density at radius 2 is 1.80 bits per heavy atom. The van der Waals surface area contributed by atoms with Gasteiger partial charge in [0.2, 0.25) is 5.13 Å². The summed E-state index contributed by atoms with van der Waals surface area (Å²) in [6.45, 7) is 0.799. The molecular weight excluding hydrogens is 360 g/mol. The average Bonchev–Trinajstić information content (AvgIpc) is 3.02. The quantitative estimate of drug-likeness (QED) is 0.607. The van der Waals surface area contributed by atoms with Gasteiger partial charge in [-0.2, -0.15) is 0 Å². The van der Waals surface area contributed by atoms with Gasteiger partial charge in [-0.3, -0.25) is 0 Å². The molecule has 3 rings (SSSR count). The summed E-state index contributed by atoms with van der Waals surface area (Å²) in [5, 5.41) is 28.2. The van der Waals surface area contributed by atoms with Crippen LogP contribution in [0, 0.1) is 0 Å². The van der Waals surface area contributed by atoms with Gasteiger partial charge in [0, 0.05) is 18.1 Å². The molecule has 0 atom stereocenters. The van der Waals surface area contributed by atoms with E-state index in [1.807, 2.05) is 41.3 Å². The van der Waals surface area contributed by atoms with Gasteiger partial charge in [-0.05, 0) is 30.3 Å². The lowest BCUT2D eigenvalue weighted by Gasteiger charge is -2.23. The summed E-state index contributed by atoms with van der Waals surface area (Å²) in [5.41, 5.74) is 2.29. The number of aliphatic hydroxyl groups excluding tert-OH is 2. The number of nitrogens with zero attached hydrogens (tertiary/aromatic N) is 4. The minimum Gasteiger partial charge on any atom is -0.395 e. The van der Waals surface area contributed by atoms with Gasteiger partial charge < -0.3 is 15.1 Å². The molecule has 0 spiro atoms. The normalized spacial score (nSPS) is 11.5. The van der Waals surface area contributed by atoms with E-state index in [0.717, 1.165) is 15.9 Å². The van der Waals surface area contributed by atoms with Crippen molar-refractivity contribution in [2.45, 2.75) is 0 Å². The van der Waals surface area contributed by atoms with E-state index in [1.165, 1.54) is 11.3 Å². The zero-order valence-corrected chi connectivity index (χ0v) is 14.9. The average molecular weight is 377 g/mol. The van der Waals surface area contributed by atoms with Crippen LogP contribution in [0.15, 0.2) is 52.7 Å². The highest BCUT2D eigenvalue weighted by molar-refractivity contribution is 7.21. The van der Waals surface area contributed by atoms with Crippen LogP contribution >= 0.6 is 22.9 Å². The molecule has 2 N–H and O–H groups in total. The van der Waals surface area contributed by atoms with Crippen LogP contribution in [0.25, 0.3) is 10.2 Å². The van der Waals surface area contributed by atoms with Crippen LogP contribution in [0.4, 0.5) is 16.5 Å². The van der Waals surface area contributed by atoms with Crippen LogP contribution in [0.1, 0.15) is 0 Å². The molecule has 0 radical (unpaired) electrons. The standard InChI is InChI=1S/C17H17ClN4O2S/c18-12-5-6-14-16(11-12)25-17(19-14)21-20-13-3-1-2-4-15(13)22(7-9-23)8-10-24/h1-6,11,23-24H,7-10H2. The number of benzene rings is 2. The largest absolute Gasteiger partial charge is 0.395 e. The van der Waals surface area contributed by atoms with E-state index in [4.69, 9.17) is 11.6 Å². The third-order valence-corrected chi connectivity index (χ3v) is 4.68. The van der Waals surface area contributed by atoms with Gasteiger partial charge >= 0.3 is 0 Å². The zero-order valence-electron chi connectivity index (χ0n) is 13.3. The molecule has 1 heterocycles. The van der Waals surface area contributed by atoms with Crippen molar-refractivity contribution in [3.63, 3.8) is 0 Å². The Morgan fingerprint density at radius 3 is 2.56 bits per heavy atom. The maximum Gasteiger partial charge on any atom is 0.231 e. The topological polar surface area (TPSA) is 81.3 Å². The molecule has 0 aliphatic carbocycles. The third kappa shape index (κ3) is 4.32. The lowest BCUT2D eigenvalue weighted by molar-refractivity contribution is 0.281. The Bertz CT molecular complexity index is 878. The maximum absolute atomic E-state index is 9.23. The second-order valence-corrected chi connectivity index (χ2v) is 6.68. The summed E-state index contributed by atoms with van der Waals surface area (Å²) in [6.07, 6.45) is 0. The van der Waals surface area contributed by atoms with Gasteiger partial charge in [-0.1, -0.05) is 35.1 Å². The van der Waals surface area contributed by atoms with Crippen LogP contribution < -0.4 is 4.90 Å². The van der Waals surface area contributed by atoms with Crippen molar-refractivity contribution in [1.82, 2.24) is 4.98 Å². The Morgan fingerprint density at radius 1 is 1.04 bits per heavy atom. The molecule has 0 bridgehead atoms. The highest BCUT2D eigenvalue weighted by atomic mass is 35.5. The molecule has 8 heteroatoms. The fourth-order valence-corrected chi connectivity index (χ4v) is 3.50. The number of thiazole rings is 1. The van der Waals surface area contributed by atoms with E-state index < -0.39 is 0 Å². The fourth-order valence-electron chi connectivity index (χ4n) is 2.44. The molecule has 130 valence electrons. The fraction of sp³-hybridized carbons (Fsp3) is 0.235. The van der Waals surface area contributed by atoms with E-state index in [2.05, 4.69) is 15.2 Å². The number of para-hydroxylation sites is 1. The Labute approximate surface area is 154 Å². The predicted octanol–water partition coefficient (Wildman–Crippen LogP) is 4.16. The number of hydrogen-bond donors (Lipinski definition) is 2. The van der Waals surface area contributed by atoms with Gasteiger partial charge in [0.15, 0.2) is 0 Å². The number of halogens is 1. The first-order chi connectivity index (χ1) is 12.2. The molecule has 1 aromatic heterocycles. The number of hydrogen-bond acceptors (Lipinski definition) is 7. The molecule has 0 saturated carbocycles. The minimum atomic E-state index is -0.00982. The number of rotatable bonds is 7. The molecule has 2 aromatic carbocycles. The zero-order chi connectivity index (χ0) is 17.6. The minimum absolute atomic E-state index is 0.00982. The van der Waals surface area contributed by atoms with E-state index >= 15 is 0 Å². The Hall–Kier alpha value is -2.06. The van der Waals surface area contributed by atoms with Crippen molar-refractivity contribution in [2.24, 2.45) is 10.2 Å². The van der Waals surface area contributed by atoms with Crippen molar-refractivity contribution < 1.29 is 10.2 Å². The molecule has 0 saturated heterocycles. The Balaban J connectivity index is 1.89. The number of aliphatic hydroxyl groups is 2. The molecule has 0 aliphatic rings. The molecular formula is C17H17ClN4O2S. The van der Waals surface area contributed by atoms with Crippen molar-refractivity contribution in [3.8, 4) is 0 Å². The van der Waals surface area contributed by atoms with Crippen molar-refractivity contribution in [1.29, 1.82) is 0 Å². The van der Waals surface area contributed by atoms with Gasteiger partial charge in [-0.25, -0.2) is 4.98 Å². The summed E-state index contributed by atoms with van der Waals surface area (Å²) < 4.78 is 0.955. The second-order valence-electron chi connectivity index (χ2n) is 5.23. The lowest BCUT2D eigenvalue weighted by atomic mass is 10.2. The monoisotopic (exact) mass is 376 g/mol. The number of azo groups is 1. The summed E-state index contributed by atoms with van der Waals surface area (Å²) in [6, 6.07) is 13.0. The first-order valence-electron chi connectivity index (χ1n) is 7.75. The molecule has 3 aromatic rings. The van der Waals surface area contributed by atoms with Gasteiger partial charge in [0.1, 0.15) is 5.69 Å². The van der Waals surface area contributed by atoms with Crippen LogP contribution in [0.2, 0.25) is 5.02 Å². The number of aromatic nitrogens is 1. The van der Waals surface area contributed by atoms with E-state index in [9.17, 15) is 10.2 Å². The smallest absolute Gasteiger partial charge is 0.231 e. The van der Waals surface area contributed by atoms with Crippen molar-refractivity contribution >= 4 is 49.7 Å². The summed E-state index contributed by atoms with van der Waals surface area (Å²) in [4.78, 5) is 6.29. The predicted molar refractivity (Wildman–Crippen MR) is 102 cm³/mol. The van der Waals surface area contributed by atoms with Gasteiger partial charge in [-0.15, -0.1) is 10.2 Å². The molecule has 0 fully saturated rings. The van der Waals surface area contributed by atoms with E-state index in [1.54, 1.807) is 6.07 Å². The van der Waals surface area contributed by atoms with Crippen LogP contribution in [0.5, 0.6) is 0 Å². The van der Waals surface area contributed by atoms with E-state index in [-0.39, 0.29) is 13.2 Å². The summed E-state index contributed by atoms with van der Waals surface area (Å²) >= 11 is 7.41. The van der Waals surface area contributed by atoms with Crippen molar-refractivity contribution in [2.75, 3.05) is 31.2 Å². The Kier molecular flexibility index (Phi) is 5.93. The first-order valence-corrected chi connectivity index (χ1v) is 8.94. The van der Waals surface area contributed by atoms with Crippen LogP contribution in [0.3, 0.4) is 0 Å². The van der Waals surface area contributed by atoms with Crippen LogP contribution in [-0.2, 0) is 0 Å². The SMILES string of the molecule is OCCN(CCO)c1ccccc1N=Nc1nc2ccc(Cl)cc2s1. The molecule has 0 aliphatic heterocycles. The maximum atomic E-state index is 9.23. The molecule has 6 nitrogen and oxygen atoms in total. The highest BCUT2D eigenvalue weighted by Gasteiger charge is 2.10. The van der Waals surface area contributed by atoms with Gasteiger partial charge in [0.05, 0.1) is 29.1 Å². The van der Waals surface area contributed by atoms with Gasteiger partial charge in [0.25, 0.3) is 0 Å². The molecule has 0 amide bonds. The number of anilines is 1. The first kappa shape index (κ1) is 17.8. The van der Waals surface area contributed by atoms with E-state index in [0.29, 0.717) is 28.9 Å². The lowest BCUT2D eigenvalue weighted by Crippen LogP contribution is -2.29. The summed E-state index contributed by atoms with van der Waals surface area (Å²) in [7, 11) is 0.